The van der Waals surface area contributed by atoms with Crippen molar-refractivity contribution in [2.75, 3.05) is 0 Å². The molecule has 0 aromatic carbocycles. The minimum Gasteiger partial charge on any atom is -0.354 e. The van der Waals surface area contributed by atoms with E-state index in [9.17, 15) is 4.79 Å². The first-order chi connectivity index (χ1) is 6.58. The van der Waals surface area contributed by atoms with Crippen molar-refractivity contribution in [1.82, 2.24) is 10.3 Å². The van der Waals surface area contributed by atoms with Crippen molar-refractivity contribution < 1.29 is 4.79 Å². The molecule has 0 saturated carbocycles. The number of amides is 1. The zero-order valence-corrected chi connectivity index (χ0v) is 9.84. The quantitative estimate of drug-likeness (QED) is 0.898. The van der Waals surface area contributed by atoms with Crippen molar-refractivity contribution in [2.24, 2.45) is 0 Å². The molecule has 1 heterocycles. The van der Waals surface area contributed by atoms with Crippen LogP contribution in [0.3, 0.4) is 0 Å². The predicted molar refractivity (Wildman–Crippen MR) is 58.9 cm³/mol. The molecule has 3 nitrogen and oxygen atoms in total. The van der Waals surface area contributed by atoms with Gasteiger partial charge in [-0.2, -0.15) is 0 Å². The van der Waals surface area contributed by atoms with Crippen LogP contribution in [0.15, 0.2) is 22.8 Å². The molecular weight excluding hydrogens is 244 g/mol. The van der Waals surface area contributed by atoms with Gasteiger partial charge in [0.2, 0.25) is 5.91 Å². The molecule has 1 N–H and O–H groups in total. The van der Waals surface area contributed by atoms with Crippen LogP contribution in [0.1, 0.15) is 19.5 Å². The van der Waals surface area contributed by atoms with Crippen LogP contribution in [-0.4, -0.2) is 16.9 Å². The van der Waals surface area contributed by atoms with E-state index >= 15 is 0 Å². The van der Waals surface area contributed by atoms with Gasteiger partial charge >= 0.3 is 0 Å². The smallest absolute Gasteiger partial charge is 0.226 e. The standard InChI is InChI=1S/C10H13BrN2O/c1-7(2)13-10(14)5-9-4-3-8(11)6-12-9/h3-4,6-7H,5H2,1-2H3,(H,13,14). The highest BCUT2D eigenvalue weighted by molar-refractivity contribution is 9.10. The molecule has 4 heteroatoms. The van der Waals surface area contributed by atoms with Gasteiger partial charge in [-0.25, -0.2) is 0 Å². The molecule has 0 aliphatic carbocycles. The lowest BCUT2D eigenvalue weighted by Crippen LogP contribution is -2.31. The predicted octanol–water partition coefficient (Wildman–Crippen LogP) is 1.91. The number of carbonyl (C=O) groups is 1. The highest BCUT2D eigenvalue weighted by Crippen LogP contribution is 2.07. The zero-order chi connectivity index (χ0) is 10.6. The van der Waals surface area contributed by atoms with Crippen LogP contribution in [0.4, 0.5) is 0 Å². The third kappa shape index (κ3) is 3.87. The van der Waals surface area contributed by atoms with Gasteiger partial charge in [-0.1, -0.05) is 0 Å². The summed E-state index contributed by atoms with van der Waals surface area (Å²) in [5.41, 5.74) is 0.784. The van der Waals surface area contributed by atoms with Crippen LogP contribution in [0.2, 0.25) is 0 Å². The molecule has 0 atom stereocenters. The Morgan fingerprint density at radius 1 is 1.57 bits per heavy atom. The average Bonchev–Trinajstić information content (AvgIpc) is 2.07. The zero-order valence-electron chi connectivity index (χ0n) is 8.25. The molecule has 0 aliphatic rings. The maximum absolute atomic E-state index is 11.3. The number of pyridine rings is 1. The highest BCUT2D eigenvalue weighted by atomic mass is 79.9. The Labute approximate surface area is 92.1 Å². The summed E-state index contributed by atoms with van der Waals surface area (Å²) in [6.45, 7) is 3.87. The summed E-state index contributed by atoms with van der Waals surface area (Å²) < 4.78 is 0.922. The van der Waals surface area contributed by atoms with Crippen LogP contribution in [0, 0.1) is 0 Å². The number of halogens is 1. The number of hydrogen-bond donors (Lipinski definition) is 1. The van der Waals surface area contributed by atoms with Gasteiger partial charge in [-0.15, -0.1) is 0 Å². The third-order valence-electron chi connectivity index (χ3n) is 1.58. The Balaban J connectivity index is 2.52. The van der Waals surface area contributed by atoms with Crippen molar-refractivity contribution in [3.63, 3.8) is 0 Å². The largest absolute Gasteiger partial charge is 0.354 e. The number of hydrogen-bond acceptors (Lipinski definition) is 2. The molecular formula is C10H13BrN2O. The Kier molecular flexibility index (Phi) is 4.07. The van der Waals surface area contributed by atoms with E-state index in [1.807, 2.05) is 26.0 Å². The van der Waals surface area contributed by atoms with Crippen LogP contribution in [0.5, 0.6) is 0 Å². The Hall–Kier alpha value is -0.900. The monoisotopic (exact) mass is 256 g/mol. The second-order valence-electron chi connectivity index (χ2n) is 3.37. The summed E-state index contributed by atoms with van der Waals surface area (Å²) in [7, 11) is 0. The topological polar surface area (TPSA) is 42.0 Å². The van der Waals surface area contributed by atoms with E-state index in [0.29, 0.717) is 6.42 Å². The molecule has 0 saturated heterocycles. The van der Waals surface area contributed by atoms with Crippen molar-refractivity contribution in [3.05, 3.63) is 28.5 Å². The second kappa shape index (κ2) is 5.10. The molecule has 76 valence electrons. The van der Waals surface area contributed by atoms with Gasteiger partial charge in [-0.3, -0.25) is 9.78 Å². The summed E-state index contributed by atoms with van der Waals surface area (Å²) in [6, 6.07) is 3.90. The van der Waals surface area contributed by atoms with Crippen LogP contribution >= 0.6 is 15.9 Å². The Morgan fingerprint density at radius 2 is 2.29 bits per heavy atom. The first kappa shape index (κ1) is 11.2. The SMILES string of the molecule is CC(C)NC(=O)Cc1ccc(Br)cn1. The Morgan fingerprint density at radius 3 is 2.79 bits per heavy atom. The molecule has 0 spiro atoms. The lowest BCUT2D eigenvalue weighted by molar-refractivity contribution is -0.120. The molecule has 1 aromatic rings. The molecule has 1 amide bonds. The molecule has 0 unspecified atom stereocenters. The van der Waals surface area contributed by atoms with Crippen molar-refractivity contribution in [1.29, 1.82) is 0 Å². The van der Waals surface area contributed by atoms with E-state index in [1.165, 1.54) is 0 Å². The van der Waals surface area contributed by atoms with E-state index in [2.05, 4.69) is 26.2 Å². The summed E-state index contributed by atoms with van der Waals surface area (Å²) in [5.74, 6) is 0.00909. The van der Waals surface area contributed by atoms with Gasteiger partial charge in [0.05, 0.1) is 6.42 Å². The van der Waals surface area contributed by atoms with Crippen LogP contribution in [-0.2, 0) is 11.2 Å². The fourth-order valence-electron chi connectivity index (χ4n) is 1.05. The summed E-state index contributed by atoms with van der Waals surface area (Å²) in [6.07, 6.45) is 2.03. The van der Waals surface area contributed by atoms with Gasteiger partial charge in [0.15, 0.2) is 0 Å². The average molecular weight is 257 g/mol. The first-order valence-corrected chi connectivity index (χ1v) is 5.27. The van der Waals surface area contributed by atoms with E-state index in [-0.39, 0.29) is 11.9 Å². The van der Waals surface area contributed by atoms with Crippen molar-refractivity contribution in [2.45, 2.75) is 26.3 Å². The molecule has 1 aromatic heterocycles. The number of nitrogens with zero attached hydrogens (tertiary/aromatic N) is 1. The summed E-state index contributed by atoms with van der Waals surface area (Å²) in [4.78, 5) is 15.5. The molecule has 0 aliphatic heterocycles. The van der Waals surface area contributed by atoms with Crippen LogP contribution in [0.25, 0.3) is 0 Å². The normalized spacial score (nSPS) is 10.3. The maximum Gasteiger partial charge on any atom is 0.226 e. The lowest BCUT2D eigenvalue weighted by Gasteiger charge is -2.07. The van der Waals surface area contributed by atoms with Gasteiger partial charge in [-0.05, 0) is 41.9 Å². The van der Waals surface area contributed by atoms with Crippen molar-refractivity contribution in [3.8, 4) is 0 Å². The van der Waals surface area contributed by atoms with E-state index in [4.69, 9.17) is 0 Å². The van der Waals surface area contributed by atoms with Gasteiger partial charge in [0, 0.05) is 22.4 Å². The number of rotatable bonds is 3. The fraction of sp³-hybridized carbons (Fsp3) is 0.400. The van der Waals surface area contributed by atoms with Crippen molar-refractivity contribution >= 4 is 21.8 Å². The minimum absolute atomic E-state index is 0.00909. The van der Waals surface area contributed by atoms with Gasteiger partial charge in [0.25, 0.3) is 0 Å². The van der Waals surface area contributed by atoms with E-state index in [1.54, 1.807) is 6.20 Å². The summed E-state index contributed by atoms with van der Waals surface area (Å²) in [5, 5.41) is 2.82. The first-order valence-electron chi connectivity index (χ1n) is 4.47. The number of carbonyl (C=O) groups excluding carboxylic acids is 1. The van der Waals surface area contributed by atoms with Crippen LogP contribution < -0.4 is 5.32 Å². The minimum atomic E-state index is 0.00909. The number of nitrogens with one attached hydrogen (secondary N) is 1. The maximum atomic E-state index is 11.3. The second-order valence-corrected chi connectivity index (χ2v) is 4.28. The summed E-state index contributed by atoms with van der Waals surface area (Å²) >= 11 is 3.29. The number of aromatic nitrogens is 1. The Bertz CT molecular complexity index is 308. The van der Waals surface area contributed by atoms with Gasteiger partial charge in [0.1, 0.15) is 0 Å². The molecule has 1 rings (SSSR count). The lowest BCUT2D eigenvalue weighted by atomic mass is 10.2. The fourth-order valence-corrected chi connectivity index (χ4v) is 1.28. The highest BCUT2D eigenvalue weighted by Gasteiger charge is 2.05. The third-order valence-corrected chi connectivity index (χ3v) is 2.05. The van der Waals surface area contributed by atoms with E-state index < -0.39 is 0 Å². The molecule has 0 fully saturated rings. The van der Waals surface area contributed by atoms with E-state index in [0.717, 1.165) is 10.2 Å². The molecule has 0 radical (unpaired) electrons. The molecule has 14 heavy (non-hydrogen) atoms. The van der Waals surface area contributed by atoms with Gasteiger partial charge < -0.3 is 5.32 Å². The molecule has 0 bridgehead atoms.